The first-order valence-corrected chi connectivity index (χ1v) is 3.43. The molecule has 0 N–H and O–H groups in total. The van der Waals surface area contributed by atoms with Gasteiger partial charge < -0.3 is 0 Å². The van der Waals surface area contributed by atoms with Gasteiger partial charge >= 0.3 is 5.92 Å². The third-order valence-corrected chi connectivity index (χ3v) is 1.58. The Labute approximate surface area is 69.0 Å². The molecule has 1 rings (SSSR count). The molecule has 0 fully saturated rings. The van der Waals surface area contributed by atoms with E-state index in [1.807, 2.05) is 0 Å². The minimum absolute atomic E-state index is 0.167. The van der Waals surface area contributed by atoms with E-state index in [1.54, 1.807) is 6.07 Å². The first-order chi connectivity index (χ1) is 5.58. The highest BCUT2D eigenvalue weighted by atomic mass is 19.3. The van der Waals surface area contributed by atoms with E-state index in [0.29, 0.717) is 0 Å². The molecule has 0 unspecified atom stereocenters. The van der Waals surface area contributed by atoms with Crippen LogP contribution in [0.5, 0.6) is 0 Å². The van der Waals surface area contributed by atoms with Crippen molar-refractivity contribution >= 4 is 0 Å². The van der Waals surface area contributed by atoms with Crippen LogP contribution < -0.4 is 0 Å². The van der Waals surface area contributed by atoms with E-state index in [9.17, 15) is 13.2 Å². The lowest BCUT2D eigenvalue weighted by Gasteiger charge is -2.14. The zero-order valence-corrected chi connectivity index (χ0v) is 6.36. The molecule has 0 aliphatic rings. The summed E-state index contributed by atoms with van der Waals surface area (Å²) in [6, 6.07) is 5.63. The number of alkyl halides is 3. The van der Waals surface area contributed by atoms with Crippen molar-refractivity contribution in [1.29, 1.82) is 0 Å². The second-order valence-corrected chi connectivity index (χ2v) is 2.50. The van der Waals surface area contributed by atoms with Gasteiger partial charge in [-0.05, 0) is 12.5 Å². The van der Waals surface area contributed by atoms with Gasteiger partial charge in [-0.1, -0.05) is 24.3 Å². The molecule has 12 heavy (non-hydrogen) atoms. The van der Waals surface area contributed by atoms with Crippen LogP contribution in [0.1, 0.15) is 11.1 Å². The fourth-order valence-corrected chi connectivity index (χ4v) is 0.949. The summed E-state index contributed by atoms with van der Waals surface area (Å²) >= 11 is 0. The van der Waals surface area contributed by atoms with Crippen LogP contribution in [0.25, 0.3) is 0 Å². The van der Waals surface area contributed by atoms with Crippen LogP contribution >= 0.6 is 0 Å². The summed E-state index contributed by atoms with van der Waals surface area (Å²) in [5.74, 6) is -3.40. The van der Waals surface area contributed by atoms with Crippen molar-refractivity contribution in [3.05, 3.63) is 42.3 Å². The maximum absolute atomic E-state index is 12.7. The second-order valence-electron chi connectivity index (χ2n) is 2.50. The minimum Gasteiger partial charge on any atom is -0.244 e. The Bertz CT molecular complexity index is 268. The van der Waals surface area contributed by atoms with Gasteiger partial charge in [0, 0.05) is 5.56 Å². The SMILES string of the molecule is [CH2]c1ccccc1C(F)(F)CF. The monoisotopic (exact) mass is 173 g/mol. The Balaban J connectivity index is 3.10. The van der Waals surface area contributed by atoms with E-state index in [4.69, 9.17) is 0 Å². The Hall–Kier alpha value is -0.990. The molecule has 0 nitrogen and oxygen atoms in total. The number of hydrogen-bond acceptors (Lipinski definition) is 0. The predicted molar refractivity (Wildman–Crippen MR) is 40.8 cm³/mol. The highest BCUT2D eigenvalue weighted by molar-refractivity contribution is 5.32. The molecule has 0 heterocycles. The number of hydrogen-bond donors (Lipinski definition) is 0. The van der Waals surface area contributed by atoms with Gasteiger partial charge in [0.05, 0.1) is 0 Å². The maximum atomic E-state index is 12.7. The molecule has 0 saturated carbocycles. The van der Waals surface area contributed by atoms with Crippen LogP contribution in [-0.4, -0.2) is 6.67 Å². The summed E-state index contributed by atoms with van der Waals surface area (Å²) in [6.45, 7) is 1.71. The van der Waals surface area contributed by atoms with Gasteiger partial charge in [0.2, 0.25) is 0 Å². The molecule has 1 aromatic carbocycles. The van der Waals surface area contributed by atoms with Gasteiger partial charge in [-0.3, -0.25) is 0 Å². The van der Waals surface area contributed by atoms with Crippen molar-refractivity contribution in [2.24, 2.45) is 0 Å². The average Bonchev–Trinajstić information content (AvgIpc) is 2.05. The summed E-state index contributed by atoms with van der Waals surface area (Å²) in [5.41, 5.74) is -0.173. The van der Waals surface area contributed by atoms with Gasteiger partial charge in [-0.25, -0.2) is 4.39 Å². The highest BCUT2D eigenvalue weighted by Gasteiger charge is 2.32. The first-order valence-electron chi connectivity index (χ1n) is 3.43. The molecule has 0 spiro atoms. The maximum Gasteiger partial charge on any atom is 0.301 e. The van der Waals surface area contributed by atoms with Crippen LogP contribution in [0.15, 0.2) is 24.3 Å². The van der Waals surface area contributed by atoms with E-state index in [1.165, 1.54) is 18.2 Å². The smallest absolute Gasteiger partial charge is 0.244 e. The van der Waals surface area contributed by atoms with Crippen molar-refractivity contribution in [3.8, 4) is 0 Å². The summed E-state index contributed by atoms with van der Waals surface area (Å²) in [5, 5.41) is 0. The summed E-state index contributed by atoms with van der Waals surface area (Å²) in [7, 11) is 0. The lowest BCUT2D eigenvalue weighted by molar-refractivity contribution is -0.0284. The third-order valence-electron chi connectivity index (χ3n) is 1.58. The quantitative estimate of drug-likeness (QED) is 0.645. The van der Waals surface area contributed by atoms with Crippen LogP contribution in [0, 0.1) is 6.92 Å². The minimum atomic E-state index is -3.40. The zero-order chi connectivity index (χ0) is 9.19. The first kappa shape index (κ1) is 9.10. The molecule has 0 saturated heterocycles. The van der Waals surface area contributed by atoms with E-state index in [0.717, 1.165) is 0 Å². The molecule has 0 amide bonds. The summed E-state index contributed by atoms with van der Waals surface area (Å²) < 4.78 is 37.3. The molecule has 0 atom stereocenters. The fourth-order valence-electron chi connectivity index (χ4n) is 0.949. The van der Waals surface area contributed by atoms with Gasteiger partial charge in [0.25, 0.3) is 0 Å². The Morgan fingerprint density at radius 1 is 1.25 bits per heavy atom. The van der Waals surface area contributed by atoms with Gasteiger partial charge in [0.15, 0.2) is 6.67 Å². The molecule has 1 radical (unpaired) electrons. The van der Waals surface area contributed by atoms with Crippen molar-refractivity contribution in [2.45, 2.75) is 5.92 Å². The van der Waals surface area contributed by atoms with Crippen molar-refractivity contribution in [2.75, 3.05) is 6.67 Å². The molecule has 3 heteroatoms. The summed E-state index contributed by atoms with van der Waals surface area (Å²) in [4.78, 5) is 0. The van der Waals surface area contributed by atoms with Crippen LogP contribution in [0.4, 0.5) is 13.2 Å². The van der Waals surface area contributed by atoms with E-state index < -0.39 is 12.6 Å². The van der Waals surface area contributed by atoms with Crippen LogP contribution in [-0.2, 0) is 5.92 Å². The summed E-state index contributed by atoms with van der Waals surface area (Å²) in [6.07, 6.45) is 0. The third kappa shape index (κ3) is 1.60. The van der Waals surface area contributed by atoms with Gasteiger partial charge in [0.1, 0.15) is 0 Å². The van der Waals surface area contributed by atoms with Gasteiger partial charge in [-0.2, -0.15) is 8.78 Å². The zero-order valence-electron chi connectivity index (χ0n) is 6.36. The average molecular weight is 173 g/mol. The molecule has 65 valence electrons. The molecule has 0 aromatic heterocycles. The molecular formula is C9H8F3. The second kappa shape index (κ2) is 3.17. The highest BCUT2D eigenvalue weighted by Crippen LogP contribution is 2.30. The molecule has 0 aliphatic carbocycles. The number of benzene rings is 1. The van der Waals surface area contributed by atoms with Crippen LogP contribution in [0.3, 0.4) is 0 Å². The van der Waals surface area contributed by atoms with Crippen molar-refractivity contribution < 1.29 is 13.2 Å². The van der Waals surface area contributed by atoms with Crippen molar-refractivity contribution in [3.63, 3.8) is 0 Å². The largest absolute Gasteiger partial charge is 0.301 e. The fraction of sp³-hybridized carbons (Fsp3) is 0.222. The Morgan fingerprint density at radius 2 is 1.83 bits per heavy atom. The molecule has 0 aliphatic heterocycles. The lowest BCUT2D eigenvalue weighted by Crippen LogP contribution is -2.17. The predicted octanol–water partition coefficient (Wildman–Crippen LogP) is 2.93. The standard InChI is InChI=1S/C9H8F3/c1-7-4-2-3-5-8(7)9(11,12)6-10/h2-5H,1,6H2. The molecular weight excluding hydrogens is 165 g/mol. The lowest BCUT2D eigenvalue weighted by atomic mass is 10.0. The van der Waals surface area contributed by atoms with E-state index >= 15 is 0 Å². The van der Waals surface area contributed by atoms with Gasteiger partial charge in [-0.15, -0.1) is 0 Å². The number of rotatable bonds is 2. The van der Waals surface area contributed by atoms with Crippen LogP contribution in [0.2, 0.25) is 0 Å². The molecule has 1 aromatic rings. The number of halogens is 3. The van der Waals surface area contributed by atoms with E-state index in [2.05, 4.69) is 6.92 Å². The Morgan fingerprint density at radius 3 is 2.33 bits per heavy atom. The normalized spacial score (nSPS) is 11.7. The Kier molecular flexibility index (Phi) is 2.40. The van der Waals surface area contributed by atoms with E-state index in [-0.39, 0.29) is 11.1 Å². The molecule has 0 bridgehead atoms. The van der Waals surface area contributed by atoms with Crippen molar-refractivity contribution in [1.82, 2.24) is 0 Å². The topological polar surface area (TPSA) is 0 Å².